The van der Waals surface area contributed by atoms with Crippen molar-refractivity contribution in [2.45, 2.75) is 11.1 Å². The van der Waals surface area contributed by atoms with Crippen molar-refractivity contribution in [1.82, 2.24) is 0 Å². The summed E-state index contributed by atoms with van der Waals surface area (Å²) in [6.07, 6.45) is 0. The van der Waals surface area contributed by atoms with E-state index in [0.29, 0.717) is 11.1 Å². The first-order chi connectivity index (χ1) is 5.74. The van der Waals surface area contributed by atoms with Crippen LogP contribution in [0.5, 0.6) is 5.75 Å². The normalized spacial score (nSPS) is 12.6. The number of aliphatic hydroxyl groups is 1. The fraction of sp³-hybridized carbons (Fsp3) is 0.250. The van der Waals surface area contributed by atoms with Gasteiger partial charge in [-0.1, -0.05) is 34.1 Å². The van der Waals surface area contributed by atoms with Gasteiger partial charge in [0.25, 0.3) is 5.75 Å². The molecule has 0 amide bonds. The Labute approximate surface area is 84.2 Å². The van der Waals surface area contributed by atoms with Crippen molar-refractivity contribution in [3.8, 4) is 5.75 Å². The Kier molecular flexibility index (Phi) is 3.85. The Bertz CT molecular complexity index is 253. The molecule has 1 aromatic carbocycles. The molecule has 0 saturated heterocycles. The molecule has 2 nitrogen and oxygen atoms in total. The summed E-state index contributed by atoms with van der Waals surface area (Å²) in [5.41, 5.74) is 0.956. The lowest BCUT2D eigenvalue weighted by Crippen LogP contribution is -2.07. The van der Waals surface area contributed by atoms with Crippen LogP contribution < -0.4 is 4.74 Å². The molecule has 0 aliphatic carbocycles. The van der Waals surface area contributed by atoms with Crippen LogP contribution in [0.15, 0.2) is 24.3 Å². The van der Waals surface area contributed by atoms with E-state index in [0.717, 1.165) is 5.56 Å². The Hall–Kier alpha value is -0.250. The highest BCUT2D eigenvalue weighted by atomic mass is 79.9. The maximum Gasteiger partial charge on any atom is 0.277 e. The number of hydrogen-bond acceptors (Lipinski definition) is 2. The number of ether oxygens (including phenoxy) is 1. The van der Waals surface area contributed by atoms with E-state index in [1.54, 1.807) is 6.07 Å². The smallest absolute Gasteiger partial charge is 0.277 e. The van der Waals surface area contributed by atoms with E-state index >= 15 is 0 Å². The molecule has 1 aromatic rings. The van der Waals surface area contributed by atoms with Crippen molar-refractivity contribution in [2.75, 3.05) is 0 Å². The lowest BCUT2D eigenvalue weighted by atomic mass is 10.2. The Morgan fingerprint density at radius 3 is 2.75 bits per heavy atom. The first-order valence-electron chi connectivity index (χ1n) is 3.36. The number of aliphatic hydroxyl groups excluding tert-OH is 1. The Balaban J connectivity index is 2.82. The van der Waals surface area contributed by atoms with Crippen LogP contribution in [0.1, 0.15) is 5.56 Å². The van der Waals surface area contributed by atoms with Gasteiger partial charge in [0, 0.05) is 10.9 Å². The van der Waals surface area contributed by atoms with Gasteiger partial charge in [-0.15, -0.1) is 0 Å². The maximum atomic E-state index is 8.75. The second-order valence-electron chi connectivity index (χ2n) is 2.15. The predicted octanol–water partition coefficient (Wildman–Crippen LogP) is 2.48. The molecule has 12 heavy (non-hydrogen) atoms. The van der Waals surface area contributed by atoms with E-state index in [1.807, 2.05) is 18.2 Å². The molecular weight excluding hydrogens is 243 g/mol. The molecule has 0 radical (unpaired) electrons. The number of rotatable bonds is 3. The topological polar surface area (TPSA) is 29.5 Å². The summed E-state index contributed by atoms with van der Waals surface area (Å²) in [6, 6.07) is 7.36. The number of benzene rings is 1. The quantitative estimate of drug-likeness (QED) is 0.661. The number of hydrogen-bond donors (Lipinski definition) is 1. The molecule has 4 heteroatoms. The number of para-hydroxylation sites is 1. The van der Waals surface area contributed by atoms with Gasteiger partial charge in [0.1, 0.15) is 5.75 Å². The van der Waals surface area contributed by atoms with E-state index in [-0.39, 0.29) is 0 Å². The van der Waals surface area contributed by atoms with Crippen LogP contribution in [0, 0.1) is 0 Å². The minimum Gasteiger partial charge on any atom is -0.451 e. The molecule has 0 aliphatic heterocycles. The zero-order valence-electron chi connectivity index (χ0n) is 6.21. The minimum atomic E-state index is -1.29. The van der Waals surface area contributed by atoms with Crippen molar-refractivity contribution < 1.29 is 9.84 Å². The van der Waals surface area contributed by atoms with Crippen molar-refractivity contribution in [3.63, 3.8) is 0 Å². The van der Waals surface area contributed by atoms with Crippen molar-refractivity contribution in [1.29, 1.82) is 0 Å². The van der Waals surface area contributed by atoms with E-state index in [9.17, 15) is 0 Å². The van der Waals surface area contributed by atoms with E-state index in [1.165, 1.54) is 0 Å². The van der Waals surface area contributed by atoms with Gasteiger partial charge in [-0.25, -0.2) is 0 Å². The highest BCUT2D eigenvalue weighted by molar-refractivity contribution is 9.08. The third kappa shape index (κ3) is 2.66. The lowest BCUT2D eigenvalue weighted by Gasteiger charge is -2.09. The first kappa shape index (κ1) is 9.84. The van der Waals surface area contributed by atoms with Crippen LogP contribution in [0.4, 0.5) is 0 Å². The molecule has 0 aliphatic rings. The molecule has 1 atom stereocenters. The van der Waals surface area contributed by atoms with Gasteiger partial charge < -0.3 is 9.84 Å². The Morgan fingerprint density at radius 1 is 1.50 bits per heavy atom. The molecule has 1 N–H and O–H groups in total. The molecule has 0 heterocycles. The van der Waals surface area contributed by atoms with Gasteiger partial charge in [-0.2, -0.15) is 0 Å². The molecule has 0 fully saturated rings. The first-order valence-corrected chi connectivity index (χ1v) is 4.92. The molecule has 0 aromatic heterocycles. The molecule has 66 valence electrons. The van der Waals surface area contributed by atoms with E-state index in [2.05, 4.69) is 15.9 Å². The standard InChI is InChI=1S/C8H8BrClO2/c9-5-6-3-1-2-4-7(6)12-8(10)11/h1-4,8,11H,5H2. The molecule has 0 saturated carbocycles. The summed E-state index contributed by atoms with van der Waals surface area (Å²) >= 11 is 8.55. The van der Waals surface area contributed by atoms with Crippen LogP contribution in [-0.2, 0) is 5.33 Å². The van der Waals surface area contributed by atoms with Gasteiger partial charge >= 0.3 is 0 Å². The fourth-order valence-electron chi connectivity index (χ4n) is 0.834. The average Bonchev–Trinajstić information content (AvgIpc) is 2.04. The van der Waals surface area contributed by atoms with Crippen LogP contribution in [-0.4, -0.2) is 10.9 Å². The SMILES string of the molecule is OC(Cl)Oc1ccccc1CBr. The summed E-state index contributed by atoms with van der Waals surface area (Å²) in [4.78, 5) is 0. The highest BCUT2D eigenvalue weighted by Gasteiger charge is 2.04. The molecule has 1 unspecified atom stereocenters. The summed E-state index contributed by atoms with van der Waals surface area (Å²) < 4.78 is 4.93. The van der Waals surface area contributed by atoms with Crippen molar-refractivity contribution >= 4 is 27.5 Å². The summed E-state index contributed by atoms with van der Waals surface area (Å²) in [7, 11) is 0. The van der Waals surface area contributed by atoms with Crippen molar-refractivity contribution in [3.05, 3.63) is 29.8 Å². The molecular formula is C8H8BrClO2. The van der Waals surface area contributed by atoms with Gasteiger partial charge in [-0.3, -0.25) is 0 Å². The number of halogens is 2. The fourth-order valence-corrected chi connectivity index (χ4v) is 1.39. The average molecular weight is 252 g/mol. The minimum absolute atomic E-state index is 0.594. The van der Waals surface area contributed by atoms with Gasteiger partial charge in [0.05, 0.1) is 0 Å². The van der Waals surface area contributed by atoms with E-state index < -0.39 is 5.75 Å². The summed E-state index contributed by atoms with van der Waals surface area (Å²) in [5, 5.41) is 9.43. The lowest BCUT2D eigenvalue weighted by molar-refractivity contribution is 0.0547. The molecule has 1 rings (SSSR count). The van der Waals surface area contributed by atoms with Crippen molar-refractivity contribution in [2.24, 2.45) is 0 Å². The summed E-state index contributed by atoms with van der Waals surface area (Å²) in [5.74, 6) is -0.693. The zero-order valence-corrected chi connectivity index (χ0v) is 8.55. The van der Waals surface area contributed by atoms with Gasteiger partial charge in [-0.05, 0) is 17.7 Å². The van der Waals surface area contributed by atoms with Gasteiger partial charge in [0.15, 0.2) is 0 Å². The third-order valence-corrected chi connectivity index (χ3v) is 2.03. The van der Waals surface area contributed by atoms with Crippen LogP contribution in [0.3, 0.4) is 0 Å². The van der Waals surface area contributed by atoms with Crippen LogP contribution in [0.2, 0.25) is 0 Å². The number of alkyl halides is 2. The van der Waals surface area contributed by atoms with Gasteiger partial charge in [0.2, 0.25) is 0 Å². The van der Waals surface area contributed by atoms with Crippen LogP contribution in [0.25, 0.3) is 0 Å². The zero-order chi connectivity index (χ0) is 8.97. The molecule has 0 spiro atoms. The molecule has 0 bridgehead atoms. The highest BCUT2D eigenvalue weighted by Crippen LogP contribution is 2.21. The maximum absolute atomic E-state index is 8.75. The third-order valence-electron chi connectivity index (χ3n) is 1.34. The Morgan fingerprint density at radius 2 is 2.17 bits per heavy atom. The monoisotopic (exact) mass is 250 g/mol. The van der Waals surface area contributed by atoms with E-state index in [4.69, 9.17) is 21.4 Å². The summed E-state index contributed by atoms with van der Waals surface area (Å²) in [6.45, 7) is 0. The second kappa shape index (κ2) is 4.70. The largest absolute Gasteiger partial charge is 0.451 e. The van der Waals surface area contributed by atoms with Crippen LogP contribution >= 0.6 is 27.5 Å². The predicted molar refractivity (Wildman–Crippen MR) is 51.6 cm³/mol. The second-order valence-corrected chi connectivity index (χ2v) is 3.09.